The van der Waals surface area contributed by atoms with Crippen LogP contribution in [0.1, 0.15) is 48.7 Å². The number of aliphatic hydroxyl groups excluding tert-OH is 1. The fourth-order valence-corrected chi connectivity index (χ4v) is 2.12. The molecule has 0 aliphatic rings. The zero-order valence-corrected chi connectivity index (χ0v) is 13.4. The minimum atomic E-state index is 0.0307. The summed E-state index contributed by atoms with van der Waals surface area (Å²) in [6.45, 7) is 9.65. The Morgan fingerprint density at radius 3 is 2.67 bits per heavy atom. The molecule has 0 heterocycles. The number of aryl methyl sites for hydroxylation is 1. The zero-order valence-electron chi connectivity index (χ0n) is 13.4. The fourth-order valence-electron chi connectivity index (χ4n) is 2.12. The van der Waals surface area contributed by atoms with Crippen LogP contribution < -0.4 is 0 Å². The Bertz CT molecular complexity index is 538. The number of carbonyl (C=O) groups is 1. The van der Waals surface area contributed by atoms with Crippen LogP contribution in [0.5, 0.6) is 0 Å². The van der Waals surface area contributed by atoms with Gasteiger partial charge in [-0.3, -0.25) is 4.79 Å². The average molecular weight is 287 g/mol. The molecule has 1 aromatic rings. The van der Waals surface area contributed by atoms with Crippen LogP contribution in [-0.2, 0) is 0 Å². The van der Waals surface area contributed by atoms with E-state index in [-0.39, 0.29) is 12.5 Å². The molecular formula is C18H25NO2. The summed E-state index contributed by atoms with van der Waals surface area (Å²) in [6.07, 6.45) is 0.422. The third kappa shape index (κ3) is 5.24. The van der Waals surface area contributed by atoms with Crippen LogP contribution in [0.25, 0.3) is 0 Å². The molecule has 1 rings (SSSR count). The van der Waals surface area contributed by atoms with E-state index in [4.69, 9.17) is 5.11 Å². The summed E-state index contributed by atoms with van der Waals surface area (Å²) in [5.74, 6) is 6.35. The van der Waals surface area contributed by atoms with Crippen molar-refractivity contribution in [1.29, 1.82) is 0 Å². The molecule has 0 bridgehead atoms. The minimum Gasteiger partial charge on any atom is -0.395 e. The van der Waals surface area contributed by atoms with Crippen molar-refractivity contribution in [3.05, 3.63) is 34.9 Å². The van der Waals surface area contributed by atoms with Gasteiger partial charge in [-0.25, -0.2) is 0 Å². The Hall–Kier alpha value is -1.79. The standard InChI is InChI=1S/C18H25NO2/c1-5-19(13-14(2)3)18(21)17-12-15(4)9-10-16(17)8-6-7-11-20/h9-10,12,14,20H,5,7,11,13H2,1-4H3. The number of benzene rings is 1. The molecule has 114 valence electrons. The highest BCUT2D eigenvalue weighted by molar-refractivity contribution is 5.97. The molecule has 0 aromatic heterocycles. The maximum absolute atomic E-state index is 12.7. The van der Waals surface area contributed by atoms with E-state index >= 15 is 0 Å². The zero-order chi connectivity index (χ0) is 15.8. The van der Waals surface area contributed by atoms with E-state index in [1.807, 2.05) is 36.9 Å². The molecule has 0 saturated carbocycles. The van der Waals surface area contributed by atoms with E-state index < -0.39 is 0 Å². The maximum atomic E-state index is 12.7. The van der Waals surface area contributed by atoms with Crippen LogP contribution in [-0.4, -0.2) is 35.6 Å². The van der Waals surface area contributed by atoms with Crippen LogP contribution in [0.4, 0.5) is 0 Å². The van der Waals surface area contributed by atoms with Crippen LogP contribution in [0.3, 0.4) is 0 Å². The van der Waals surface area contributed by atoms with Crippen molar-refractivity contribution in [2.24, 2.45) is 5.92 Å². The van der Waals surface area contributed by atoms with Crippen LogP contribution in [0, 0.1) is 24.7 Å². The van der Waals surface area contributed by atoms with Gasteiger partial charge in [0.25, 0.3) is 5.91 Å². The van der Waals surface area contributed by atoms with E-state index in [0.29, 0.717) is 24.4 Å². The van der Waals surface area contributed by atoms with Gasteiger partial charge in [0.05, 0.1) is 12.2 Å². The summed E-state index contributed by atoms with van der Waals surface area (Å²) in [7, 11) is 0. The largest absolute Gasteiger partial charge is 0.395 e. The molecule has 21 heavy (non-hydrogen) atoms. The van der Waals surface area contributed by atoms with E-state index in [0.717, 1.165) is 17.7 Å². The summed E-state index contributed by atoms with van der Waals surface area (Å²) in [4.78, 5) is 14.6. The first kappa shape index (κ1) is 17.3. The lowest BCUT2D eigenvalue weighted by Crippen LogP contribution is -2.34. The first-order chi connectivity index (χ1) is 9.99. The summed E-state index contributed by atoms with van der Waals surface area (Å²) < 4.78 is 0. The highest BCUT2D eigenvalue weighted by Crippen LogP contribution is 2.15. The molecular weight excluding hydrogens is 262 g/mol. The van der Waals surface area contributed by atoms with Crippen molar-refractivity contribution in [3.63, 3.8) is 0 Å². The van der Waals surface area contributed by atoms with Gasteiger partial charge in [-0.05, 0) is 31.9 Å². The molecule has 0 saturated heterocycles. The molecule has 0 fully saturated rings. The van der Waals surface area contributed by atoms with Crippen molar-refractivity contribution in [2.45, 2.75) is 34.1 Å². The Kier molecular flexibility index (Phi) is 6.98. The Balaban J connectivity index is 3.12. The Morgan fingerprint density at radius 2 is 2.10 bits per heavy atom. The molecule has 1 aromatic carbocycles. The molecule has 0 spiro atoms. The lowest BCUT2D eigenvalue weighted by molar-refractivity contribution is 0.0745. The molecule has 1 amide bonds. The van der Waals surface area contributed by atoms with Crippen LogP contribution >= 0.6 is 0 Å². The van der Waals surface area contributed by atoms with Crippen molar-refractivity contribution < 1.29 is 9.90 Å². The van der Waals surface area contributed by atoms with Gasteiger partial charge in [0.15, 0.2) is 0 Å². The van der Waals surface area contributed by atoms with Gasteiger partial charge in [0.2, 0.25) is 0 Å². The fraction of sp³-hybridized carbons (Fsp3) is 0.500. The Labute approximate surface area is 128 Å². The van der Waals surface area contributed by atoms with Crippen molar-refractivity contribution in [2.75, 3.05) is 19.7 Å². The topological polar surface area (TPSA) is 40.5 Å². The molecule has 3 heteroatoms. The highest BCUT2D eigenvalue weighted by atomic mass is 16.2. The predicted molar refractivity (Wildman–Crippen MR) is 86.2 cm³/mol. The second-order valence-electron chi connectivity index (χ2n) is 5.56. The lowest BCUT2D eigenvalue weighted by Gasteiger charge is -2.23. The number of rotatable bonds is 5. The first-order valence-electron chi connectivity index (χ1n) is 7.49. The van der Waals surface area contributed by atoms with Gasteiger partial charge >= 0.3 is 0 Å². The van der Waals surface area contributed by atoms with Gasteiger partial charge in [-0.2, -0.15) is 0 Å². The molecule has 1 N–H and O–H groups in total. The lowest BCUT2D eigenvalue weighted by atomic mass is 10.0. The molecule has 0 aliphatic carbocycles. The minimum absolute atomic E-state index is 0.0307. The van der Waals surface area contributed by atoms with E-state index in [2.05, 4.69) is 25.7 Å². The molecule has 0 aliphatic heterocycles. The number of hydrogen-bond acceptors (Lipinski definition) is 2. The second-order valence-corrected chi connectivity index (χ2v) is 5.56. The summed E-state index contributed by atoms with van der Waals surface area (Å²) in [6, 6.07) is 5.74. The number of nitrogens with zero attached hydrogens (tertiary/aromatic N) is 1. The summed E-state index contributed by atoms with van der Waals surface area (Å²) >= 11 is 0. The van der Waals surface area contributed by atoms with Gasteiger partial charge in [0, 0.05) is 25.1 Å². The summed E-state index contributed by atoms with van der Waals surface area (Å²) in [5.41, 5.74) is 2.44. The molecule has 0 unspecified atom stereocenters. The smallest absolute Gasteiger partial charge is 0.255 e. The van der Waals surface area contributed by atoms with Crippen LogP contribution in [0.15, 0.2) is 18.2 Å². The summed E-state index contributed by atoms with van der Waals surface area (Å²) in [5, 5.41) is 8.81. The van der Waals surface area contributed by atoms with E-state index in [9.17, 15) is 4.79 Å². The predicted octanol–water partition coefficient (Wildman–Crippen LogP) is 2.85. The van der Waals surface area contributed by atoms with Gasteiger partial charge in [-0.1, -0.05) is 37.3 Å². The van der Waals surface area contributed by atoms with Gasteiger partial charge < -0.3 is 10.0 Å². The maximum Gasteiger partial charge on any atom is 0.255 e. The number of hydrogen-bond donors (Lipinski definition) is 1. The SMILES string of the molecule is CCN(CC(C)C)C(=O)c1cc(C)ccc1C#CCCO. The third-order valence-electron chi connectivity index (χ3n) is 3.12. The normalized spacial score (nSPS) is 10.2. The Morgan fingerprint density at radius 1 is 1.38 bits per heavy atom. The van der Waals surface area contributed by atoms with Crippen LogP contribution in [0.2, 0.25) is 0 Å². The first-order valence-corrected chi connectivity index (χ1v) is 7.49. The third-order valence-corrected chi connectivity index (χ3v) is 3.12. The number of carbonyl (C=O) groups excluding carboxylic acids is 1. The molecule has 0 radical (unpaired) electrons. The van der Waals surface area contributed by atoms with E-state index in [1.54, 1.807) is 0 Å². The van der Waals surface area contributed by atoms with Crippen molar-refractivity contribution in [3.8, 4) is 11.8 Å². The number of amides is 1. The molecule has 3 nitrogen and oxygen atoms in total. The molecule has 0 atom stereocenters. The van der Waals surface area contributed by atoms with E-state index in [1.165, 1.54) is 0 Å². The second kappa shape index (κ2) is 8.49. The van der Waals surface area contributed by atoms with Gasteiger partial charge in [-0.15, -0.1) is 0 Å². The van der Waals surface area contributed by atoms with Crippen molar-refractivity contribution in [1.82, 2.24) is 4.90 Å². The monoisotopic (exact) mass is 287 g/mol. The van der Waals surface area contributed by atoms with Crippen molar-refractivity contribution >= 4 is 5.91 Å². The average Bonchev–Trinajstić information content (AvgIpc) is 2.45. The highest BCUT2D eigenvalue weighted by Gasteiger charge is 2.18. The quantitative estimate of drug-likeness (QED) is 0.846. The van der Waals surface area contributed by atoms with Gasteiger partial charge in [0.1, 0.15) is 0 Å². The number of aliphatic hydroxyl groups is 1.